The summed E-state index contributed by atoms with van der Waals surface area (Å²) in [5.74, 6) is 1.44. The van der Waals surface area contributed by atoms with Crippen molar-refractivity contribution >= 4 is 22.5 Å². The van der Waals surface area contributed by atoms with Crippen LogP contribution in [0.25, 0.3) is 11.5 Å². The molecule has 0 bridgehead atoms. The Balaban J connectivity index is 1.46. The predicted octanol–water partition coefficient (Wildman–Crippen LogP) is 2.44. The van der Waals surface area contributed by atoms with Crippen LogP contribution < -0.4 is 10.2 Å². The number of benzene rings is 1. The van der Waals surface area contributed by atoms with E-state index in [1.54, 1.807) is 12.4 Å². The van der Waals surface area contributed by atoms with Crippen LogP contribution in [0.4, 0.5) is 10.9 Å². The fraction of sp³-hybridized carbons (Fsp3) is 0.294. The second-order valence-electron chi connectivity index (χ2n) is 5.62. The predicted molar refractivity (Wildman–Crippen MR) is 97.7 cm³/mol. The summed E-state index contributed by atoms with van der Waals surface area (Å²) in [5, 5.41) is 4.07. The van der Waals surface area contributed by atoms with Crippen LogP contribution >= 0.6 is 11.5 Å². The summed E-state index contributed by atoms with van der Waals surface area (Å²) in [5.41, 5.74) is 1.89. The van der Waals surface area contributed by atoms with Crippen molar-refractivity contribution in [2.75, 3.05) is 36.5 Å². The molecule has 1 N–H and O–H groups in total. The zero-order valence-electron chi connectivity index (χ0n) is 13.6. The maximum atomic E-state index is 5.38. The van der Waals surface area contributed by atoms with Crippen LogP contribution in [-0.4, -0.2) is 45.6 Å². The first-order valence-electron chi connectivity index (χ1n) is 8.15. The van der Waals surface area contributed by atoms with Gasteiger partial charge in [0.2, 0.25) is 5.13 Å². The summed E-state index contributed by atoms with van der Waals surface area (Å²) < 4.78 is 9.79. The van der Waals surface area contributed by atoms with Gasteiger partial charge in [-0.2, -0.15) is 9.36 Å². The quantitative estimate of drug-likeness (QED) is 0.754. The molecule has 3 aromatic rings. The molecule has 0 amide bonds. The lowest BCUT2D eigenvalue weighted by Gasteiger charge is -2.27. The Kier molecular flexibility index (Phi) is 4.80. The van der Waals surface area contributed by atoms with Crippen molar-refractivity contribution in [2.24, 2.45) is 0 Å². The monoisotopic (exact) mass is 354 g/mol. The second kappa shape index (κ2) is 7.54. The smallest absolute Gasteiger partial charge is 0.203 e. The minimum atomic E-state index is 0.600. The number of nitrogens with zero attached hydrogens (tertiary/aromatic N) is 5. The Bertz CT molecular complexity index is 819. The SMILES string of the molecule is c1ccc(CNc2nc(-c3cncc(N4CCOCC4)n3)ns2)cc1. The molecule has 4 rings (SSSR count). The van der Waals surface area contributed by atoms with Gasteiger partial charge in [-0.15, -0.1) is 0 Å². The van der Waals surface area contributed by atoms with Crippen molar-refractivity contribution < 1.29 is 4.74 Å². The van der Waals surface area contributed by atoms with Crippen molar-refractivity contribution in [3.63, 3.8) is 0 Å². The average molecular weight is 354 g/mol. The first kappa shape index (κ1) is 15.9. The van der Waals surface area contributed by atoms with Gasteiger partial charge in [0.1, 0.15) is 11.5 Å². The molecule has 0 unspecified atom stereocenters. The van der Waals surface area contributed by atoms with E-state index in [-0.39, 0.29) is 0 Å². The van der Waals surface area contributed by atoms with E-state index in [4.69, 9.17) is 4.74 Å². The number of nitrogens with one attached hydrogen (secondary N) is 1. The molecular formula is C17H18N6OS. The standard InChI is InChI=1S/C17H18N6OS/c1-2-4-13(5-3-1)10-19-17-21-16(22-25-17)14-11-18-12-15(20-14)23-6-8-24-9-7-23/h1-5,11-12H,6-10H2,(H,19,21,22). The fourth-order valence-corrected chi connectivity index (χ4v) is 3.15. The van der Waals surface area contributed by atoms with Crippen LogP contribution in [0.15, 0.2) is 42.7 Å². The Morgan fingerprint density at radius 1 is 1.08 bits per heavy atom. The van der Waals surface area contributed by atoms with Gasteiger partial charge in [-0.25, -0.2) is 4.98 Å². The van der Waals surface area contributed by atoms with Crippen LogP contribution in [0.2, 0.25) is 0 Å². The van der Waals surface area contributed by atoms with Gasteiger partial charge in [-0.1, -0.05) is 30.3 Å². The maximum absolute atomic E-state index is 5.38. The highest BCUT2D eigenvalue weighted by Crippen LogP contribution is 2.22. The number of morpholine rings is 1. The lowest BCUT2D eigenvalue weighted by molar-refractivity contribution is 0.122. The maximum Gasteiger partial charge on any atom is 0.203 e. The van der Waals surface area contributed by atoms with Gasteiger partial charge in [-0.3, -0.25) is 4.98 Å². The van der Waals surface area contributed by atoms with Gasteiger partial charge in [0, 0.05) is 31.2 Å². The van der Waals surface area contributed by atoms with Gasteiger partial charge in [0.05, 0.1) is 25.6 Å². The first-order valence-corrected chi connectivity index (χ1v) is 8.92. The molecule has 0 atom stereocenters. The van der Waals surface area contributed by atoms with Gasteiger partial charge in [0.25, 0.3) is 0 Å². The van der Waals surface area contributed by atoms with Gasteiger partial charge >= 0.3 is 0 Å². The van der Waals surface area contributed by atoms with Crippen LogP contribution in [0.3, 0.4) is 0 Å². The van der Waals surface area contributed by atoms with Crippen LogP contribution in [0.5, 0.6) is 0 Å². The molecule has 8 heteroatoms. The fourth-order valence-electron chi connectivity index (χ4n) is 2.58. The molecule has 128 valence electrons. The second-order valence-corrected chi connectivity index (χ2v) is 6.38. The van der Waals surface area contributed by atoms with E-state index in [0.29, 0.717) is 24.7 Å². The zero-order chi connectivity index (χ0) is 16.9. The zero-order valence-corrected chi connectivity index (χ0v) is 14.4. The first-order chi connectivity index (χ1) is 12.4. The number of hydrogen-bond acceptors (Lipinski definition) is 8. The molecule has 0 radical (unpaired) electrons. The van der Waals surface area contributed by atoms with E-state index >= 15 is 0 Å². The number of rotatable bonds is 5. The van der Waals surface area contributed by atoms with Gasteiger partial charge < -0.3 is 15.0 Å². The van der Waals surface area contributed by atoms with Crippen molar-refractivity contribution in [1.29, 1.82) is 0 Å². The highest BCUT2D eigenvalue weighted by atomic mass is 32.1. The minimum Gasteiger partial charge on any atom is -0.378 e. The van der Waals surface area contributed by atoms with Crippen molar-refractivity contribution in [2.45, 2.75) is 6.54 Å². The summed E-state index contributed by atoms with van der Waals surface area (Å²) in [6.07, 6.45) is 3.47. The van der Waals surface area contributed by atoms with E-state index in [9.17, 15) is 0 Å². The largest absolute Gasteiger partial charge is 0.378 e. The molecule has 1 saturated heterocycles. The Morgan fingerprint density at radius 3 is 2.76 bits per heavy atom. The third-order valence-electron chi connectivity index (χ3n) is 3.90. The molecular weight excluding hydrogens is 336 g/mol. The molecule has 2 aromatic heterocycles. The molecule has 1 fully saturated rings. The summed E-state index contributed by atoms with van der Waals surface area (Å²) >= 11 is 1.33. The molecule has 1 aliphatic rings. The van der Waals surface area contributed by atoms with Gasteiger partial charge in [-0.05, 0) is 5.56 Å². The van der Waals surface area contributed by atoms with E-state index in [1.165, 1.54) is 17.1 Å². The summed E-state index contributed by atoms with van der Waals surface area (Å²) in [6.45, 7) is 3.80. The summed E-state index contributed by atoms with van der Waals surface area (Å²) in [4.78, 5) is 15.7. The van der Waals surface area contributed by atoms with E-state index in [0.717, 1.165) is 30.6 Å². The third kappa shape index (κ3) is 3.92. The highest BCUT2D eigenvalue weighted by molar-refractivity contribution is 7.09. The molecule has 25 heavy (non-hydrogen) atoms. The van der Waals surface area contributed by atoms with Gasteiger partial charge in [0.15, 0.2) is 5.82 Å². The van der Waals surface area contributed by atoms with E-state index in [1.807, 2.05) is 18.2 Å². The lowest BCUT2D eigenvalue weighted by Crippen LogP contribution is -2.36. The average Bonchev–Trinajstić information content (AvgIpc) is 3.17. The van der Waals surface area contributed by atoms with E-state index in [2.05, 4.69) is 41.7 Å². The number of ether oxygens (including phenoxy) is 1. The van der Waals surface area contributed by atoms with Crippen LogP contribution in [0, 0.1) is 0 Å². The minimum absolute atomic E-state index is 0.600. The summed E-state index contributed by atoms with van der Waals surface area (Å²) in [7, 11) is 0. The van der Waals surface area contributed by atoms with Crippen LogP contribution in [-0.2, 0) is 11.3 Å². The molecule has 1 aromatic carbocycles. The Morgan fingerprint density at radius 2 is 1.92 bits per heavy atom. The lowest BCUT2D eigenvalue weighted by atomic mass is 10.2. The van der Waals surface area contributed by atoms with Crippen molar-refractivity contribution in [3.05, 3.63) is 48.3 Å². The third-order valence-corrected chi connectivity index (χ3v) is 4.57. The normalized spacial score (nSPS) is 14.5. The molecule has 0 aliphatic carbocycles. The highest BCUT2D eigenvalue weighted by Gasteiger charge is 2.15. The summed E-state index contributed by atoms with van der Waals surface area (Å²) in [6, 6.07) is 10.2. The number of anilines is 2. The van der Waals surface area contributed by atoms with E-state index < -0.39 is 0 Å². The number of hydrogen-bond donors (Lipinski definition) is 1. The van der Waals surface area contributed by atoms with Crippen molar-refractivity contribution in [3.8, 4) is 11.5 Å². The van der Waals surface area contributed by atoms with Crippen LogP contribution in [0.1, 0.15) is 5.56 Å². The van der Waals surface area contributed by atoms with Crippen molar-refractivity contribution in [1.82, 2.24) is 19.3 Å². The Hall–Kier alpha value is -2.58. The molecule has 0 spiro atoms. The molecule has 0 saturated carbocycles. The topological polar surface area (TPSA) is 76.1 Å². The molecule has 1 aliphatic heterocycles. The Labute approximate surface area is 149 Å². The molecule has 3 heterocycles. The number of aromatic nitrogens is 4. The molecule has 7 nitrogen and oxygen atoms in total.